The SMILES string of the molecule is CCO[C@H](C)C(=O)N[C@@H](C)Cc1ccccc1C. The van der Waals surface area contributed by atoms with E-state index in [0.717, 1.165) is 6.42 Å². The van der Waals surface area contributed by atoms with Crippen molar-refractivity contribution in [3.63, 3.8) is 0 Å². The molecule has 0 aromatic heterocycles. The minimum atomic E-state index is -0.380. The van der Waals surface area contributed by atoms with Gasteiger partial charge in [-0.15, -0.1) is 0 Å². The zero-order valence-corrected chi connectivity index (χ0v) is 11.7. The van der Waals surface area contributed by atoms with Crippen molar-refractivity contribution < 1.29 is 9.53 Å². The van der Waals surface area contributed by atoms with E-state index in [0.29, 0.717) is 6.61 Å². The van der Waals surface area contributed by atoms with E-state index >= 15 is 0 Å². The Morgan fingerprint density at radius 3 is 2.61 bits per heavy atom. The van der Waals surface area contributed by atoms with Crippen molar-refractivity contribution in [2.75, 3.05) is 6.61 Å². The number of hydrogen-bond acceptors (Lipinski definition) is 2. The van der Waals surface area contributed by atoms with Crippen molar-refractivity contribution in [3.8, 4) is 0 Å². The van der Waals surface area contributed by atoms with Gasteiger partial charge in [0, 0.05) is 12.6 Å². The molecule has 1 rings (SSSR count). The van der Waals surface area contributed by atoms with E-state index in [4.69, 9.17) is 4.74 Å². The van der Waals surface area contributed by atoms with Crippen LogP contribution < -0.4 is 5.32 Å². The Bertz CT molecular complexity index is 390. The molecule has 0 aliphatic heterocycles. The summed E-state index contributed by atoms with van der Waals surface area (Å²) in [5.41, 5.74) is 2.53. The van der Waals surface area contributed by atoms with Gasteiger partial charge in [-0.1, -0.05) is 24.3 Å². The molecule has 0 unspecified atom stereocenters. The van der Waals surface area contributed by atoms with Crippen molar-refractivity contribution in [1.82, 2.24) is 5.32 Å². The number of carbonyl (C=O) groups is 1. The van der Waals surface area contributed by atoms with Crippen LogP contribution in [0.4, 0.5) is 0 Å². The van der Waals surface area contributed by atoms with E-state index in [1.54, 1.807) is 6.92 Å². The third-order valence-electron chi connectivity index (χ3n) is 2.96. The molecule has 0 aliphatic rings. The van der Waals surface area contributed by atoms with Crippen molar-refractivity contribution in [2.45, 2.75) is 46.3 Å². The number of ether oxygens (including phenoxy) is 1. The third kappa shape index (κ3) is 4.49. The Morgan fingerprint density at radius 2 is 2.00 bits per heavy atom. The second kappa shape index (κ2) is 7.17. The Labute approximate surface area is 110 Å². The smallest absolute Gasteiger partial charge is 0.249 e. The van der Waals surface area contributed by atoms with Gasteiger partial charge in [-0.05, 0) is 45.2 Å². The number of nitrogens with one attached hydrogen (secondary N) is 1. The topological polar surface area (TPSA) is 38.3 Å². The van der Waals surface area contributed by atoms with Gasteiger partial charge < -0.3 is 10.1 Å². The van der Waals surface area contributed by atoms with Crippen LogP contribution in [0.5, 0.6) is 0 Å². The minimum absolute atomic E-state index is 0.0436. The lowest BCUT2D eigenvalue weighted by Crippen LogP contribution is -2.41. The second-order valence-electron chi connectivity index (χ2n) is 4.64. The number of aryl methyl sites for hydroxylation is 1. The maximum Gasteiger partial charge on any atom is 0.249 e. The highest BCUT2D eigenvalue weighted by molar-refractivity contribution is 5.80. The number of carbonyl (C=O) groups excluding carboxylic acids is 1. The molecule has 0 saturated heterocycles. The molecule has 1 amide bonds. The van der Waals surface area contributed by atoms with Crippen LogP contribution in [0.2, 0.25) is 0 Å². The summed E-state index contributed by atoms with van der Waals surface area (Å²) in [4.78, 5) is 11.8. The predicted molar refractivity (Wildman–Crippen MR) is 73.6 cm³/mol. The van der Waals surface area contributed by atoms with Crippen LogP contribution in [-0.2, 0) is 16.0 Å². The lowest BCUT2D eigenvalue weighted by atomic mass is 10.0. The van der Waals surface area contributed by atoms with Crippen LogP contribution in [0, 0.1) is 6.92 Å². The van der Waals surface area contributed by atoms with Gasteiger partial charge in [0.2, 0.25) is 5.91 Å². The normalized spacial score (nSPS) is 14.0. The number of benzene rings is 1. The quantitative estimate of drug-likeness (QED) is 0.841. The molecule has 18 heavy (non-hydrogen) atoms. The van der Waals surface area contributed by atoms with Crippen molar-refractivity contribution in [2.24, 2.45) is 0 Å². The fourth-order valence-corrected chi connectivity index (χ4v) is 1.91. The Hall–Kier alpha value is -1.35. The van der Waals surface area contributed by atoms with Crippen molar-refractivity contribution in [3.05, 3.63) is 35.4 Å². The summed E-state index contributed by atoms with van der Waals surface area (Å²) in [5, 5.41) is 2.98. The number of amides is 1. The van der Waals surface area contributed by atoms with Crippen molar-refractivity contribution in [1.29, 1.82) is 0 Å². The van der Waals surface area contributed by atoms with E-state index in [1.807, 2.05) is 26.0 Å². The first kappa shape index (κ1) is 14.7. The molecule has 1 N–H and O–H groups in total. The average molecular weight is 249 g/mol. The number of rotatable bonds is 6. The fraction of sp³-hybridized carbons (Fsp3) is 0.533. The Balaban J connectivity index is 2.49. The summed E-state index contributed by atoms with van der Waals surface area (Å²) in [7, 11) is 0. The molecule has 0 heterocycles. The Morgan fingerprint density at radius 1 is 1.33 bits per heavy atom. The van der Waals surface area contributed by atoms with E-state index in [9.17, 15) is 4.79 Å². The molecule has 0 radical (unpaired) electrons. The zero-order chi connectivity index (χ0) is 13.5. The molecule has 3 nitrogen and oxygen atoms in total. The summed E-state index contributed by atoms with van der Waals surface area (Å²) in [6.45, 7) is 8.33. The molecule has 1 aromatic carbocycles. The minimum Gasteiger partial charge on any atom is -0.369 e. The predicted octanol–water partition coefficient (Wildman–Crippen LogP) is 2.47. The summed E-state index contributed by atoms with van der Waals surface area (Å²) in [6, 6.07) is 8.36. The van der Waals surface area contributed by atoms with Gasteiger partial charge in [0.15, 0.2) is 0 Å². The monoisotopic (exact) mass is 249 g/mol. The molecule has 2 atom stereocenters. The van der Waals surface area contributed by atoms with Crippen LogP contribution in [0.25, 0.3) is 0 Å². The molecule has 100 valence electrons. The van der Waals surface area contributed by atoms with Crippen molar-refractivity contribution >= 4 is 5.91 Å². The van der Waals surface area contributed by atoms with Gasteiger partial charge in [-0.2, -0.15) is 0 Å². The van der Waals surface area contributed by atoms with E-state index in [1.165, 1.54) is 11.1 Å². The van der Waals surface area contributed by atoms with E-state index in [-0.39, 0.29) is 18.1 Å². The Kier molecular flexibility index (Phi) is 5.86. The average Bonchev–Trinajstić information content (AvgIpc) is 2.32. The van der Waals surface area contributed by atoms with Gasteiger partial charge in [-0.3, -0.25) is 4.79 Å². The highest BCUT2D eigenvalue weighted by Gasteiger charge is 2.15. The first-order valence-electron chi connectivity index (χ1n) is 6.51. The van der Waals surface area contributed by atoms with Crippen LogP contribution in [0.15, 0.2) is 24.3 Å². The first-order chi connectivity index (χ1) is 8.54. The van der Waals surface area contributed by atoms with Crippen LogP contribution >= 0.6 is 0 Å². The standard InChI is InChI=1S/C15H23NO2/c1-5-18-13(4)15(17)16-12(3)10-14-9-7-6-8-11(14)2/h6-9,12-13H,5,10H2,1-4H3,(H,16,17)/t12-,13+/m0/s1. The lowest BCUT2D eigenvalue weighted by molar-refractivity contribution is -0.132. The molecule has 3 heteroatoms. The highest BCUT2D eigenvalue weighted by atomic mass is 16.5. The molecule has 0 spiro atoms. The zero-order valence-electron chi connectivity index (χ0n) is 11.7. The first-order valence-corrected chi connectivity index (χ1v) is 6.51. The van der Waals surface area contributed by atoms with Gasteiger partial charge in [0.25, 0.3) is 0 Å². The van der Waals surface area contributed by atoms with Gasteiger partial charge >= 0.3 is 0 Å². The fourth-order valence-electron chi connectivity index (χ4n) is 1.91. The molecular weight excluding hydrogens is 226 g/mol. The largest absolute Gasteiger partial charge is 0.369 e. The van der Waals surface area contributed by atoms with Gasteiger partial charge in [0.05, 0.1) is 0 Å². The molecule has 0 saturated carbocycles. The van der Waals surface area contributed by atoms with Gasteiger partial charge in [0.1, 0.15) is 6.10 Å². The maximum atomic E-state index is 11.8. The van der Waals surface area contributed by atoms with Crippen LogP contribution in [-0.4, -0.2) is 24.7 Å². The third-order valence-corrected chi connectivity index (χ3v) is 2.96. The van der Waals surface area contributed by atoms with Crippen LogP contribution in [0.3, 0.4) is 0 Å². The van der Waals surface area contributed by atoms with E-state index in [2.05, 4.69) is 24.4 Å². The summed E-state index contributed by atoms with van der Waals surface area (Å²) >= 11 is 0. The second-order valence-corrected chi connectivity index (χ2v) is 4.64. The van der Waals surface area contributed by atoms with Crippen LogP contribution in [0.1, 0.15) is 31.9 Å². The van der Waals surface area contributed by atoms with Gasteiger partial charge in [-0.25, -0.2) is 0 Å². The summed E-state index contributed by atoms with van der Waals surface area (Å²) < 4.78 is 5.27. The van der Waals surface area contributed by atoms with E-state index < -0.39 is 0 Å². The molecule has 0 bridgehead atoms. The highest BCUT2D eigenvalue weighted by Crippen LogP contribution is 2.09. The summed E-state index contributed by atoms with van der Waals surface area (Å²) in [5.74, 6) is -0.0436. The maximum absolute atomic E-state index is 11.8. The number of hydrogen-bond donors (Lipinski definition) is 1. The molecule has 0 fully saturated rings. The molecule has 0 aliphatic carbocycles. The molecule has 1 aromatic rings. The molecular formula is C15H23NO2. The lowest BCUT2D eigenvalue weighted by Gasteiger charge is -2.18. The summed E-state index contributed by atoms with van der Waals surface area (Å²) in [6.07, 6.45) is 0.464.